The SMILES string of the molecule is N[C@@H](Cc1ccc([N+](=O)[O-])cc1)c1csc(CCC(F)(F)F)n1. The van der Waals surface area contributed by atoms with Gasteiger partial charge in [-0.3, -0.25) is 10.1 Å². The third-order valence-electron chi connectivity index (χ3n) is 3.17. The highest BCUT2D eigenvalue weighted by Gasteiger charge is 2.27. The van der Waals surface area contributed by atoms with E-state index in [4.69, 9.17) is 5.73 Å². The number of halogens is 3. The Morgan fingerprint density at radius 3 is 2.52 bits per heavy atom. The largest absolute Gasteiger partial charge is 0.389 e. The van der Waals surface area contributed by atoms with E-state index in [-0.39, 0.29) is 12.1 Å². The minimum absolute atomic E-state index is 0.00887. The zero-order valence-corrected chi connectivity index (χ0v) is 12.7. The Bertz CT molecular complexity index is 671. The summed E-state index contributed by atoms with van der Waals surface area (Å²) in [7, 11) is 0. The molecule has 0 saturated carbocycles. The minimum atomic E-state index is -4.20. The summed E-state index contributed by atoms with van der Waals surface area (Å²) in [6.45, 7) is 0. The number of rotatable bonds is 6. The van der Waals surface area contributed by atoms with Crippen LogP contribution in [0.3, 0.4) is 0 Å². The van der Waals surface area contributed by atoms with E-state index >= 15 is 0 Å². The van der Waals surface area contributed by atoms with E-state index in [1.165, 1.54) is 12.1 Å². The molecule has 0 aliphatic carbocycles. The summed E-state index contributed by atoms with van der Waals surface area (Å²) in [5.74, 6) is 0. The smallest absolute Gasteiger partial charge is 0.322 e. The van der Waals surface area contributed by atoms with E-state index in [9.17, 15) is 23.3 Å². The van der Waals surface area contributed by atoms with Crippen LogP contribution in [0.5, 0.6) is 0 Å². The lowest BCUT2D eigenvalue weighted by molar-refractivity contribution is -0.384. The fraction of sp³-hybridized carbons (Fsp3) is 0.357. The van der Waals surface area contributed by atoms with E-state index in [0.717, 1.165) is 16.9 Å². The predicted octanol–water partition coefficient (Wildman–Crippen LogP) is 3.79. The van der Waals surface area contributed by atoms with Crippen molar-refractivity contribution in [2.45, 2.75) is 31.5 Å². The number of alkyl halides is 3. The minimum Gasteiger partial charge on any atom is -0.322 e. The lowest BCUT2D eigenvalue weighted by atomic mass is 10.0. The summed E-state index contributed by atoms with van der Waals surface area (Å²) in [6, 6.07) is 5.52. The van der Waals surface area contributed by atoms with Crippen LogP contribution >= 0.6 is 11.3 Å². The molecule has 0 saturated heterocycles. The van der Waals surface area contributed by atoms with Crippen LogP contribution in [0.15, 0.2) is 29.6 Å². The molecule has 1 heterocycles. The van der Waals surface area contributed by atoms with Crippen LogP contribution in [0, 0.1) is 10.1 Å². The van der Waals surface area contributed by atoms with Gasteiger partial charge >= 0.3 is 6.18 Å². The van der Waals surface area contributed by atoms with Gasteiger partial charge in [0.25, 0.3) is 5.69 Å². The zero-order valence-electron chi connectivity index (χ0n) is 11.9. The molecule has 2 N–H and O–H groups in total. The van der Waals surface area contributed by atoms with Gasteiger partial charge in [-0.1, -0.05) is 12.1 Å². The number of aryl methyl sites for hydroxylation is 1. The number of hydrogen-bond donors (Lipinski definition) is 1. The first kappa shape index (κ1) is 17.4. The van der Waals surface area contributed by atoms with E-state index < -0.39 is 23.6 Å². The van der Waals surface area contributed by atoms with Crippen LogP contribution in [-0.4, -0.2) is 16.1 Å². The first-order chi connectivity index (χ1) is 10.7. The third kappa shape index (κ3) is 5.29. The Labute approximate surface area is 134 Å². The lowest BCUT2D eigenvalue weighted by Gasteiger charge is -2.09. The number of hydrogen-bond acceptors (Lipinski definition) is 5. The molecule has 2 aromatic rings. The second kappa shape index (κ2) is 7.05. The Morgan fingerprint density at radius 1 is 1.30 bits per heavy atom. The van der Waals surface area contributed by atoms with Crippen LogP contribution in [0.1, 0.15) is 28.7 Å². The summed E-state index contributed by atoms with van der Waals surface area (Å²) in [4.78, 5) is 14.2. The fourth-order valence-corrected chi connectivity index (χ4v) is 2.83. The van der Waals surface area contributed by atoms with Crippen LogP contribution in [0.4, 0.5) is 18.9 Å². The van der Waals surface area contributed by atoms with Gasteiger partial charge in [-0.2, -0.15) is 13.2 Å². The van der Waals surface area contributed by atoms with Crippen LogP contribution in [-0.2, 0) is 12.8 Å². The number of benzene rings is 1. The zero-order chi connectivity index (χ0) is 17.0. The standard InChI is InChI=1S/C14H14F3N3O2S/c15-14(16,17)6-5-13-19-12(8-23-13)11(18)7-9-1-3-10(4-2-9)20(21)22/h1-4,8,11H,5-7,18H2/t11-/m0/s1. The molecule has 0 aliphatic heterocycles. The number of nitro groups is 1. The van der Waals surface area contributed by atoms with Gasteiger partial charge in [0.15, 0.2) is 0 Å². The topological polar surface area (TPSA) is 82.0 Å². The number of nitrogens with two attached hydrogens (primary N) is 1. The molecular weight excluding hydrogens is 331 g/mol. The van der Waals surface area contributed by atoms with E-state index in [2.05, 4.69) is 4.98 Å². The molecule has 5 nitrogen and oxygen atoms in total. The quantitative estimate of drug-likeness (QED) is 0.638. The van der Waals surface area contributed by atoms with Gasteiger partial charge in [-0.25, -0.2) is 4.98 Å². The third-order valence-corrected chi connectivity index (χ3v) is 4.10. The van der Waals surface area contributed by atoms with Crippen molar-refractivity contribution in [1.29, 1.82) is 0 Å². The average Bonchev–Trinajstić information content (AvgIpc) is 2.94. The number of aromatic nitrogens is 1. The average molecular weight is 345 g/mol. The van der Waals surface area contributed by atoms with Crippen molar-refractivity contribution >= 4 is 17.0 Å². The molecule has 23 heavy (non-hydrogen) atoms. The molecule has 0 fully saturated rings. The van der Waals surface area contributed by atoms with E-state index in [1.807, 2.05) is 0 Å². The molecule has 0 amide bonds. The fourth-order valence-electron chi connectivity index (χ4n) is 1.97. The van der Waals surface area contributed by atoms with Gasteiger partial charge in [-0.05, 0) is 12.0 Å². The highest BCUT2D eigenvalue weighted by atomic mass is 32.1. The molecule has 124 valence electrons. The predicted molar refractivity (Wildman–Crippen MR) is 80.2 cm³/mol. The summed E-state index contributed by atoms with van der Waals surface area (Å²) >= 11 is 1.16. The molecule has 2 rings (SSSR count). The second-order valence-corrected chi connectivity index (χ2v) is 5.96. The maximum atomic E-state index is 12.2. The molecule has 0 unspecified atom stereocenters. The van der Waals surface area contributed by atoms with Crippen molar-refractivity contribution in [2.75, 3.05) is 0 Å². The van der Waals surface area contributed by atoms with Crippen LogP contribution in [0.2, 0.25) is 0 Å². The number of non-ortho nitro benzene ring substituents is 1. The highest BCUT2D eigenvalue weighted by Crippen LogP contribution is 2.25. The van der Waals surface area contributed by atoms with E-state index in [0.29, 0.717) is 17.1 Å². The lowest BCUT2D eigenvalue weighted by Crippen LogP contribution is -2.14. The Kier molecular flexibility index (Phi) is 5.32. The van der Waals surface area contributed by atoms with Crippen LogP contribution < -0.4 is 5.73 Å². The van der Waals surface area contributed by atoms with Crippen molar-refractivity contribution in [1.82, 2.24) is 4.98 Å². The second-order valence-electron chi connectivity index (χ2n) is 5.02. The molecule has 1 aromatic heterocycles. The molecule has 0 spiro atoms. The molecule has 1 aromatic carbocycles. The molecule has 0 aliphatic rings. The first-order valence-electron chi connectivity index (χ1n) is 6.74. The van der Waals surface area contributed by atoms with Gasteiger partial charge in [0, 0.05) is 30.4 Å². The summed E-state index contributed by atoms with van der Waals surface area (Å²) in [5, 5.41) is 12.6. The number of nitro benzene ring substituents is 1. The summed E-state index contributed by atoms with van der Waals surface area (Å²) in [6.07, 6.45) is -4.86. The number of thiazole rings is 1. The van der Waals surface area contributed by atoms with Gasteiger partial charge in [0.2, 0.25) is 0 Å². The molecular formula is C14H14F3N3O2S. The van der Waals surface area contributed by atoms with Gasteiger partial charge in [-0.15, -0.1) is 11.3 Å². The summed E-state index contributed by atoms with van der Waals surface area (Å²) in [5.41, 5.74) is 7.33. The van der Waals surface area contributed by atoms with Crippen molar-refractivity contribution in [2.24, 2.45) is 5.73 Å². The van der Waals surface area contributed by atoms with E-state index in [1.54, 1.807) is 17.5 Å². The van der Waals surface area contributed by atoms with Crippen molar-refractivity contribution in [3.8, 4) is 0 Å². The normalized spacial score (nSPS) is 13.0. The highest BCUT2D eigenvalue weighted by molar-refractivity contribution is 7.09. The van der Waals surface area contributed by atoms with Gasteiger partial charge < -0.3 is 5.73 Å². The summed E-state index contributed by atoms with van der Waals surface area (Å²) < 4.78 is 36.6. The Morgan fingerprint density at radius 2 is 1.96 bits per heavy atom. The number of nitrogens with zero attached hydrogens (tertiary/aromatic N) is 2. The molecule has 9 heteroatoms. The monoisotopic (exact) mass is 345 g/mol. The van der Waals surface area contributed by atoms with Crippen LogP contribution in [0.25, 0.3) is 0 Å². The first-order valence-corrected chi connectivity index (χ1v) is 7.62. The molecule has 0 bridgehead atoms. The molecule has 1 atom stereocenters. The maximum Gasteiger partial charge on any atom is 0.389 e. The maximum absolute atomic E-state index is 12.2. The van der Waals surface area contributed by atoms with Gasteiger partial charge in [0.05, 0.1) is 21.7 Å². The Hall–Kier alpha value is -2.00. The molecule has 0 radical (unpaired) electrons. The van der Waals surface area contributed by atoms with Crippen molar-refractivity contribution in [3.05, 3.63) is 56.0 Å². The Balaban J connectivity index is 1.96. The van der Waals surface area contributed by atoms with Gasteiger partial charge in [0.1, 0.15) is 0 Å². The van der Waals surface area contributed by atoms with Crippen molar-refractivity contribution in [3.63, 3.8) is 0 Å². The van der Waals surface area contributed by atoms with Crippen molar-refractivity contribution < 1.29 is 18.1 Å².